The fraction of sp³-hybridized carbons (Fsp3) is 0.370. The molecule has 0 spiro atoms. The number of allylic oxidation sites excluding steroid dienone is 1. The molecule has 34 heavy (non-hydrogen) atoms. The zero-order valence-corrected chi connectivity index (χ0v) is 19.4. The highest BCUT2D eigenvalue weighted by molar-refractivity contribution is 5.86. The fourth-order valence-corrected chi connectivity index (χ4v) is 4.77. The minimum Gasteiger partial charge on any atom is -0.481 e. The third-order valence-electron chi connectivity index (χ3n) is 6.57. The molecule has 2 amide bonds. The lowest BCUT2D eigenvalue weighted by Crippen LogP contribution is -2.52. The summed E-state index contributed by atoms with van der Waals surface area (Å²) >= 11 is 0. The van der Waals surface area contributed by atoms with Crippen LogP contribution in [0.15, 0.2) is 60.7 Å². The summed E-state index contributed by atoms with van der Waals surface area (Å²) in [5.74, 6) is -2.00. The number of carboxylic acid groups (broad SMARTS) is 1. The van der Waals surface area contributed by atoms with E-state index in [4.69, 9.17) is 4.74 Å². The molecule has 0 heterocycles. The number of carbonyl (C=O) groups is 3. The first-order chi connectivity index (χ1) is 16.3. The van der Waals surface area contributed by atoms with Crippen LogP contribution in [-0.4, -0.2) is 41.8 Å². The molecule has 0 saturated carbocycles. The van der Waals surface area contributed by atoms with Gasteiger partial charge < -0.3 is 20.5 Å². The largest absolute Gasteiger partial charge is 0.481 e. The molecule has 3 atom stereocenters. The van der Waals surface area contributed by atoms with Gasteiger partial charge in [-0.1, -0.05) is 74.5 Å². The van der Waals surface area contributed by atoms with Crippen LogP contribution in [0.1, 0.15) is 43.7 Å². The number of carboxylic acids is 1. The number of carbonyl (C=O) groups excluding carboxylic acids is 2. The summed E-state index contributed by atoms with van der Waals surface area (Å²) in [7, 11) is 0. The van der Waals surface area contributed by atoms with E-state index in [1.54, 1.807) is 6.08 Å². The number of aliphatic carboxylic acids is 1. The Bertz CT molecular complexity index is 1060. The van der Waals surface area contributed by atoms with Crippen LogP contribution in [0.4, 0.5) is 4.79 Å². The number of hydrogen-bond acceptors (Lipinski definition) is 4. The number of amides is 2. The van der Waals surface area contributed by atoms with Crippen molar-refractivity contribution >= 4 is 18.0 Å². The Morgan fingerprint density at radius 2 is 1.65 bits per heavy atom. The molecule has 0 aliphatic heterocycles. The van der Waals surface area contributed by atoms with E-state index < -0.39 is 24.0 Å². The van der Waals surface area contributed by atoms with Gasteiger partial charge in [-0.25, -0.2) is 4.79 Å². The Labute approximate surface area is 199 Å². The zero-order valence-electron chi connectivity index (χ0n) is 19.4. The topological polar surface area (TPSA) is 105 Å². The van der Waals surface area contributed by atoms with Crippen molar-refractivity contribution < 1.29 is 24.2 Å². The van der Waals surface area contributed by atoms with E-state index in [1.807, 2.05) is 56.3 Å². The van der Waals surface area contributed by atoms with E-state index in [9.17, 15) is 19.5 Å². The molecular weight excluding hydrogens is 432 g/mol. The van der Waals surface area contributed by atoms with Crippen LogP contribution in [-0.2, 0) is 14.3 Å². The van der Waals surface area contributed by atoms with E-state index in [-0.39, 0.29) is 30.4 Å². The normalized spacial score (nSPS) is 19.7. The SMILES string of the molecule is CC(C)[C@H](NC(=O)OCC1c2ccccc2-c2ccccc21)C(=O)N[C@@H]1C=CC[C@@H](C(=O)O)C1. The summed E-state index contributed by atoms with van der Waals surface area (Å²) in [5.41, 5.74) is 4.52. The van der Waals surface area contributed by atoms with Gasteiger partial charge in [0.2, 0.25) is 5.91 Å². The predicted octanol–water partition coefficient (Wildman–Crippen LogP) is 4.09. The lowest BCUT2D eigenvalue weighted by Gasteiger charge is -2.27. The van der Waals surface area contributed by atoms with Crippen molar-refractivity contribution in [2.45, 2.75) is 44.7 Å². The van der Waals surface area contributed by atoms with E-state index in [1.165, 1.54) is 0 Å². The Morgan fingerprint density at radius 3 is 2.24 bits per heavy atom. The fourth-order valence-electron chi connectivity index (χ4n) is 4.77. The molecule has 0 saturated heterocycles. The van der Waals surface area contributed by atoms with Crippen molar-refractivity contribution in [1.82, 2.24) is 10.6 Å². The number of rotatable bonds is 7. The molecule has 2 aromatic rings. The Morgan fingerprint density at radius 1 is 1.03 bits per heavy atom. The molecule has 0 bridgehead atoms. The molecule has 178 valence electrons. The maximum Gasteiger partial charge on any atom is 0.407 e. The smallest absolute Gasteiger partial charge is 0.407 e. The van der Waals surface area contributed by atoms with Gasteiger partial charge in [0.05, 0.1) is 5.92 Å². The third-order valence-corrected chi connectivity index (χ3v) is 6.57. The van der Waals surface area contributed by atoms with Crippen molar-refractivity contribution in [3.05, 3.63) is 71.8 Å². The number of fused-ring (bicyclic) bond motifs is 3. The predicted molar refractivity (Wildman–Crippen MR) is 128 cm³/mol. The van der Waals surface area contributed by atoms with Gasteiger partial charge in [0.1, 0.15) is 12.6 Å². The van der Waals surface area contributed by atoms with Gasteiger partial charge >= 0.3 is 12.1 Å². The maximum absolute atomic E-state index is 12.9. The average Bonchev–Trinajstić information content (AvgIpc) is 3.15. The molecule has 2 aliphatic rings. The van der Waals surface area contributed by atoms with Crippen LogP contribution in [0.25, 0.3) is 11.1 Å². The van der Waals surface area contributed by atoms with Gasteiger partial charge in [-0.3, -0.25) is 9.59 Å². The van der Waals surface area contributed by atoms with E-state index in [2.05, 4.69) is 22.8 Å². The summed E-state index contributed by atoms with van der Waals surface area (Å²) in [4.78, 5) is 36.8. The highest BCUT2D eigenvalue weighted by atomic mass is 16.5. The quantitative estimate of drug-likeness (QED) is 0.538. The number of hydrogen-bond donors (Lipinski definition) is 3. The first-order valence-electron chi connectivity index (χ1n) is 11.7. The van der Waals surface area contributed by atoms with E-state index in [0.29, 0.717) is 12.8 Å². The number of ether oxygens (including phenoxy) is 1. The number of alkyl carbamates (subject to hydrolysis) is 1. The molecule has 2 aromatic carbocycles. The second-order valence-electron chi connectivity index (χ2n) is 9.24. The first kappa shape index (κ1) is 23.5. The minimum absolute atomic E-state index is 0.0650. The van der Waals surface area contributed by atoms with Crippen molar-refractivity contribution in [3.8, 4) is 11.1 Å². The van der Waals surface area contributed by atoms with Crippen LogP contribution in [0, 0.1) is 11.8 Å². The highest BCUT2D eigenvalue weighted by Gasteiger charge is 2.31. The van der Waals surface area contributed by atoms with Gasteiger partial charge in [0.25, 0.3) is 0 Å². The van der Waals surface area contributed by atoms with Crippen LogP contribution in [0.3, 0.4) is 0 Å². The average molecular weight is 463 g/mol. The van der Waals surface area contributed by atoms with Crippen molar-refractivity contribution in [2.75, 3.05) is 6.61 Å². The molecule has 2 aliphatic carbocycles. The summed E-state index contributed by atoms with van der Waals surface area (Å²) in [6.45, 7) is 3.84. The lowest BCUT2D eigenvalue weighted by atomic mass is 9.90. The first-order valence-corrected chi connectivity index (χ1v) is 11.7. The molecule has 0 fully saturated rings. The molecule has 0 aromatic heterocycles. The molecule has 0 radical (unpaired) electrons. The standard InChI is InChI=1S/C27H30N2O5/c1-16(2)24(25(30)28-18-9-7-8-17(14-18)26(31)32)29-27(33)34-15-23-21-12-5-3-10-19(21)20-11-4-6-13-22(20)23/h3-7,9-13,16-18,23-24H,8,14-15H2,1-2H3,(H,28,30)(H,29,33)(H,31,32)/t17-,18-,24+/m1/s1. The van der Waals surface area contributed by atoms with Gasteiger partial charge in [0, 0.05) is 12.0 Å². The van der Waals surface area contributed by atoms with Crippen molar-refractivity contribution in [2.24, 2.45) is 11.8 Å². The number of nitrogens with one attached hydrogen (secondary N) is 2. The monoisotopic (exact) mass is 462 g/mol. The minimum atomic E-state index is -0.874. The third kappa shape index (κ3) is 4.98. The van der Waals surface area contributed by atoms with Crippen LogP contribution < -0.4 is 10.6 Å². The van der Waals surface area contributed by atoms with E-state index in [0.717, 1.165) is 22.3 Å². The van der Waals surface area contributed by atoms with Gasteiger partial charge in [-0.2, -0.15) is 0 Å². The molecule has 4 rings (SSSR count). The van der Waals surface area contributed by atoms with Gasteiger partial charge in [-0.15, -0.1) is 0 Å². The summed E-state index contributed by atoms with van der Waals surface area (Å²) in [6, 6.07) is 15.0. The van der Waals surface area contributed by atoms with Crippen LogP contribution >= 0.6 is 0 Å². The lowest BCUT2D eigenvalue weighted by molar-refractivity contribution is -0.142. The number of benzene rings is 2. The van der Waals surface area contributed by atoms with Gasteiger partial charge in [-0.05, 0) is 41.0 Å². The maximum atomic E-state index is 12.9. The van der Waals surface area contributed by atoms with E-state index >= 15 is 0 Å². The Balaban J connectivity index is 1.37. The molecular formula is C27H30N2O5. The van der Waals surface area contributed by atoms with Gasteiger partial charge in [0.15, 0.2) is 0 Å². The summed E-state index contributed by atoms with van der Waals surface area (Å²) in [5, 5.41) is 14.8. The van der Waals surface area contributed by atoms with Crippen molar-refractivity contribution in [1.29, 1.82) is 0 Å². The molecule has 7 nitrogen and oxygen atoms in total. The Hall–Kier alpha value is -3.61. The molecule has 3 N–H and O–H groups in total. The summed E-state index contributed by atoms with van der Waals surface area (Å²) in [6.07, 6.45) is 3.71. The molecule has 7 heteroatoms. The van der Waals surface area contributed by atoms with Crippen LogP contribution in [0.5, 0.6) is 0 Å². The van der Waals surface area contributed by atoms with Crippen molar-refractivity contribution in [3.63, 3.8) is 0 Å². The summed E-state index contributed by atoms with van der Waals surface area (Å²) < 4.78 is 5.59. The second-order valence-corrected chi connectivity index (χ2v) is 9.24. The van der Waals surface area contributed by atoms with Crippen LogP contribution in [0.2, 0.25) is 0 Å². The zero-order chi connectivity index (χ0) is 24.2. The highest BCUT2D eigenvalue weighted by Crippen LogP contribution is 2.44. The second kappa shape index (κ2) is 10.1. The molecule has 0 unspecified atom stereocenters. The Kier molecular flexibility index (Phi) is 7.01.